The van der Waals surface area contributed by atoms with Crippen LogP contribution in [0.5, 0.6) is 5.75 Å². The van der Waals surface area contributed by atoms with Crippen molar-refractivity contribution in [3.05, 3.63) is 48.5 Å². The molecule has 0 radical (unpaired) electrons. The van der Waals surface area contributed by atoms with Gasteiger partial charge in [0, 0.05) is 5.69 Å². The molecule has 0 aliphatic carbocycles. The number of rotatable bonds is 2. The zero-order valence-corrected chi connectivity index (χ0v) is 9.24. The van der Waals surface area contributed by atoms with E-state index in [4.69, 9.17) is 5.73 Å². The summed E-state index contributed by atoms with van der Waals surface area (Å²) in [5.41, 5.74) is 7.53. The van der Waals surface area contributed by atoms with Gasteiger partial charge in [0.15, 0.2) is 0 Å². The summed E-state index contributed by atoms with van der Waals surface area (Å²) in [4.78, 5) is 0. The van der Waals surface area contributed by atoms with Crippen LogP contribution in [-0.2, 0) is 0 Å². The average Bonchev–Trinajstić information content (AvgIpc) is 2.27. The summed E-state index contributed by atoms with van der Waals surface area (Å²) in [6, 6.07) is 12.7. The van der Waals surface area contributed by atoms with Gasteiger partial charge in [-0.1, -0.05) is 24.3 Å². The number of hydrogen-bond acceptors (Lipinski definition) is 2. The van der Waals surface area contributed by atoms with E-state index >= 15 is 0 Å². The van der Waals surface area contributed by atoms with Crippen LogP contribution in [0.25, 0.3) is 11.1 Å². The second-order valence-electron chi connectivity index (χ2n) is 3.70. The molecule has 0 fully saturated rings. The van der Waals surface area contributed by atoms with E-state index < -0.39 is 6.36 Å². The predicted molar refractivity (Wildman–Crippen MR) is 63.0 cm³/mol. The summed E-state index contributed by atoms with van der Waals surface area (Å²) in [5, 5.41) is 0. The quantitative estimate of drug-likeness (QED) is 0.825. The van der Waals surface area contributed by atoms with Crippen LogP contribution in [0.1, 0.15) is 0 Å². The highest BCUT2D eigenvalue weighted by molar-refractivity contribution is 5.68. The third-order valence-corrected chi connectivity index (χ3v) is 2.29. The molecule has 0 heterocycles. The Labute approximate surface area is 102 Å². The minimum Gasteiger partial charge on any atom is -0.406 e. The monoisotopic (exact) mass is 253 g/mol. The maximum atomic E-state index is 12.1. The standard InChI is InChI=1S/C13H10F3NO/c14-13(15,16)18-12-6-2-4-10(8-12)9-3-1-5-11(17)7-9/h1-8H,17H2. The first-order chi connectivity index (χ1) is 8.44. The van der Waals surface area contributed by atoms with Crippen molar-refractivity contribution in [1.29, 1.82) is 0 Å². The molecule has 2 N–H and O–H groups in total. The summed E-state index contributed by atoms with van der Waals surface area (Å²) < 4.78 is 40.2. The molecule has 5 heteroatoms. The zero-order chi connectivity index (χ0) is 13.2. The van der Waals surface area contributed by atoms with Gasteiger partial charge in [0.25, 0.3) is 0 Å². The van der Waals surface area contributed by atoms with E-state index in [2.05, 4.69) is 4.74 Å². The molecule has 2 rings (SSSR count). The third kappa shape index (κ3) is 3.16. The van der Waals surface area contributed by atoms with Gasteiger partial charge in [-0.2, -0.15) is 0 Å². The Morgan fingerprint density at radius 1 is 0.889 bits per heavy atom. The first kappa shape index (κ1) is 12.3. The SMILES string of the molecule is Nc1cccc(-c2cccc(OC(F)(F)F)c2)c1. The third-order valence-electron chi connectivity index (χ3n) is 2.29. The number of ether oxygens (including phenoxy) is 1. The summed E-state index contributed by atoms with van der Waals surface area (Å²) in [5.74, 6) is -0.248. The van der Waals surface area contributed by atoms with Crippen molar-refractivity contribution < 1.29 is 17.9 Å². The van der Waals surface area contributed by atoms with Crippen LogP contribution in [0.4, 0.5) is 18.9 Å². The second-order valence-corrected chi connectivity index (χ2v) is 3.70. The summed E-state index contributed by atoms with van der Waals surface area (Å²) in [6.07, 6.45) is -4.69. The molecule has 2 aromatic rings. The molecule has 0 aliphatic heterocycles. The van der Waals surface area contributed by atoms with E-state index in [1.807, 2.05) is 0 Å². The van der Waals surface area contributed by atoms with Crippen molar-refractivity contribution in [1.82, 2.24) is 0 Å². The van der Waals surface area contributed by atoms with Gasteiger partial charge in [0.05, 0.1) is 0 Å². The Morgan fingerprint density at radius 2 is 1.50 bits per heavy atom. The van der Waals surface area contributed by atoms with Crippen LogP contribution in [0.2, 0.25) is 0 Å². The maximum Gasteiger partial charge on any atom is 0.573 e. The number of anilines is 1. The molecule has 0 atom stereocenters. The molecule has 94 valence electrons. The molecular formula is C13H10F3NO. The van der Waals surface area contributed by atoms with Gasteiger partial charge in [-0.15, -0.1) is 13.2 Å². The molecule has 2 nitrogen and oxygen atoms in total. The highest BCUT2D eigenvalue weighted by atomic mass is 19.4. The second kappa shape index (κ2) is 4.60. The molecule has 0 aromatic heterocycles. The summed E-state index contributed by atoms with van der Waals surface area (Å²) >= 11 is 0. The van der Waals surface area contributed by atoms with Gasteiger partial charge in [-0.3, -0.25) is 0 Å². The van der Waals surface area contributed by atoms with Gasteiger partial charge in [-0.05, 0) is 35.4 Å². The average molecular weight is 253 g/mol. The molecule has 18 heavy (non-hydrogen) atoms. The minimum absolute atomic E-state index is 0.248. The van der Waals surface area contributed by atoms with Gasteiger partial charge >= 0.3 is 6.36 Å². The van der Waals surface area contributed by atoms with Crippen LogP contribution >= 0.6 is 0 Å². The number of nitrogens with two attached hydrogens (primary N) is 1. The van der Waals surface area contributed by atoms with Crippen LogP contribution in [0.15, 0.2) is 48.5 Å². The van der Waals surface area contributed by atoms with Gasteiger partial charge in [0.2, 0.25) is 0 Å². The number of halogens is 3. The molecular weight excluding hydrogens is 243 g/mol. The van der Waals surface area contributed by atoms with Gasteiger partial charge in [0.1, 0.15) is 5.75 Å². The number of nitrogen functional groups attached to an aromatic ring is 1. The van der Waals surface area contributed by atoms with Crippen molar-refractivity contribution in [2.45, 2.75) is 6.36 Å². The Bertz CT molecular complexity index is 552. The van der Waals surface area contributed by atoms with Crippen molar-refractivity contribution in [2.24, 2.45) is 0 Å². The lowest BCUT2D eigenvalue weighted by Crippen LogP contribution is -2.17. The highest BCUT2D eigenvalue weighted by Crippen LogP contribution is 2.28. The van der Waals surface area contributed by atoms with Crippen molar-refractivity contribution in [2.75, 3.05) is 5.73 Å². The van der Waals surface area contributed by atoms with E-state index in [9.17, 15) is 13.2 Å². The van der Waals surface area contributed by atoms with E-state index in [1.165, 1.54) is 18.2 Å². The van der Waals surface area contributed by atoms with Crippen LogP contribution in [0.3, 0.4) is 0 Å². The molecule has 0 spiro atoms. The first-order valence-corrected chi connectivity index (χ1v) is 5.16. The Balaban J connectivity index is 2.33. The van der Waals surface area contributed by atoms with E-state index in [-0.39, 0.29) is 5.75 Å². The Hall–Kier alpha value is -2.17. The minimum atomic E-state index is -4.69. The lowest BCUT2D eigenvalue weighted by molar-refractivity contribution is -0.274. The smallest absolute Gasteiger partial charge is 0.406 e. The fraction of sp³-hybridized carbons (Fsp3) is 0.0769. The predicted octanol–water partition coefficient (Wildman–Crippen LogP) is 3.83. The van der Waals surface area contributed by atoms with E-state index in [0.717, 1.165) is 5.56 Å². The number of alkyl halides is 3. The molecule has 0 aliphatic rings. The van der Waals surface area contributed by atoms with Crippen molar-refractivity contribution in [3.8, 4) is 16.9 Å². The number of benzene rings is 2. The molecule has 0 amide bonds. The van der Waals surface area contributed by atoms with Gasteiger partial charge in [-0.25, -0.2) is 0 Å². The Morgan fingerprint density at radius 3 is 2.11 bits per heavy atom. The zero-order valence-electron chi connectivity index (χ0n) is 9.24. The normalized spacial score (nSPS) is 11.3. The highest BCUT2D eigenvalue weighted by Gasteiger charge is 2.31. The van der Waals surface area contributed by atoms with Crippen LogP contribution in [-0.4, -0.2) is 6.36 Å². The lowest BCUT2D eigenvalue weighted by atomic mass is 10.1. The lowest BCUT2D eigenvalue weighted by Gasteiger charge is -2.10. The summed E-state index contributed by atoms with van der Waals surface area (Å²) in [6.45, 7) is 0. The molecule has 0 saturated carbocycles. The first-order valence-electron chi connectivity index (χ1n) is 5.16. The van der Waals surface area contributed by atoms with E-state index in [0.29, 0.717) is 11.3 Å². The molecule has 0 unspecified atom stereocenters. The van der Waals surface area contributed by atoms with E-state index in [1.54, 1.807) is 30.3 Å². The maximum absolute atomic E-state index is 12.1. The Kier molecular flexibility index (Phi) is 3.14. The number of hydrogen-bond donors (Lipinski definition) is 1. The molecule has 0 saturated heterocycles. The van der Waals surface area contributed by atoms with Crippen LogP contribution in [0, 0.1) is 0 Å². The fourth-order valence-corrected chi connectivity index (χ4v) is 1.59. The molecule has 0 bridgehead atoms. The largest absolute Gasteiger partial charge is 0.573 e. The van der Waals surface area contributed by atoms with Gasteiger partial charge < -0.3 is 10.5 Å². The van der Waals surface area contributed by atoms with Crippen molar-refractivity contribution in [3.63, 3.8) is 0 Å². The topological polar surface area (TPSA) is 35.2 Å². The molecule has 2 aromatic carbocycles. The fourth-order valence-electron chi connectivity index (χ4n) is 1.59. The van der Waals surface area contributed by atoms with Crippen molar-refractivity contribution >= 4 is 5.69 Å². The summed E-state index contributed by atoms with van der Waals surface area (Å²) in [7, 11) is 0. The van der Waals surface area contributed by atoms with Crippen LogP contribution < -0.4 is 10.5 Å².